The molecule has 23 heavy (non-hydrogen) atoms. The van der Waals surface area contributed by atoms with Gasteiger partial charge < -0.3 is 5.32 Å². The van der Waals surface area contributed by atoms with Gasteiger partial charge in [-0.15, -0.1) is 6.42 Å². The molecule has 0 saturated carbocycles. The highest BCUT2D eigenvalue weighted by molar-refractivity contribution is 9.10. The van der Waals surface area contributed by atoms with Gasteiger partial charge in [-0.3, -0.25) is 4.98 Å². The Morgan fingerprint density at radius 2 is 2.22 bits per heavy atom. The first kappa shape index (κ1) is 15.5. The van der Waals surface area contributed by atoms with Crippen LogP contribution in [0.1, 0.15) is 0 Å². The first-order chi connectivity index (χ1) is 11.2. The van der Waals surface area contributed by atoms with E-state index in [2.05, 4.69) is 47.2 Å². The Morgan fingerprint density at radius 1 is 1.35 bits per heavy atom. The molecule has 8 heteroatoms. The summed E-state index contributed by atoms with van der Waals surface area (Å²) in [5, 5.41) is 7.51. The molecule has 114 valence electrons. The Kier molecular flexibility index (Phi) is 4.55. The van der Waals surface area contributed by atoms with Gasteiger partial charge in [-0.05, 0) is 28.1 Å². The Morgan fingerprint density at radius 3 is 2.96 bits per heavy atom. The van der Waals surface area contributed by atoms with Crippen molar-refractivity contribution in [1.82, 2.24) is 24.7 Å². The van der Waals surface area contributed by atoms with Gasteiger partial charge in [0.2, 0.25) is 0 Å². The van der Waals surface area contributed by atoms with Crippen LogP contribution in [0.2, 0.25) is 5.15 Å². The second-order valence-electron chi connectivity index (χ2n) is 4.42. The van der Waals surface area contributed by atoms with E-state index < -0.39 is 0 Å². The van der Waals surface area contributed by atoms with Crippen LogP contribution < -0.4 is 5.32 Å². The lowest BCUT2D eigenvalue weighted by atomic mass is 10.2. The summed E-state index contributed by atoms with van der Waals surface area (Å²) in [5.41, 5.74) is 1.67. The molecule has 0 amide bonds. The van der Waals surface area contributed by atoms with Crippen molar-refractivity contribution in [2.24, 2.45) is 0 Å². The maximum absolute atomic E-state index is 6.13. The quantitative estimate of drug-likeness (QED) is 0.548. The lowest BCUT2D eigenvalue weighted by molar-refractivity contribution is 0.807. The summed E-state index contributed by atoms with van der Waals surface area (Å²) in [6.07, 6.45) is 10.5. The molecule has 0 bridgehead atoms. The van der Waals surface area contributed by atoms with Crippen LogP contribution in [0.15, 0.2) is 41.3 Å². The lowest BCUT2D eigenvalue weighted by Gasteiger charge is -2.08. The topological polar surface area (TPSA) is 68.5 Å². The van der Waals surface area contributed by atoms with Gasteiger partial charge >= 0.3 is 0 Å². The zero-order valence-electron chi connectivity index (χ0n) is 11.7. The minimum atomic E-state index is 0.268. The summed E-state index contributed by atoms with van der Waals surface area (Å²) in [6, 6.07) is 5.67. The van der Waals surface area contributed by atoms with Crippen LogP contribution in [0.5, 0.6) is 0 Å². The molecule has 3 rings (SSSR count). The predicted molar refractivity (Wildman–Crippen MR) is 92.4 cm³/mol. The third-order valence-corrected chi connectivity index (χ3v) is 4.16. The van der Waals surface area contributed by atoms with Crippen LogP contribution in [-0.2, 0) is 0 Å². The van der Waals surface area contributed by atoms with E-state index in [1.807, 2.05) is 18.2 Å². The van der Waals surface area contributed by atoms with E-state index in [0.29, 0.717) is 22.8 Å². The Bertz CT molecular complexity index is 871. The third-order valence-electron chi connectivity index (χ3n) is 2.91. The molecule has 0 spiro atoms. The molecule has 0 aliphatic heterocycles. The first-order valence-electron chi connectivity index (χ1n) is 6.56. The average Bonchev–Trinajstić information content (AvgIpc) is 3.07. The summed E-state index contributed by atoms with van der Waals surface area (Å²) in [4.78, 5) is 12.9. The van der Waals surface area contributed by atoms with Gasteiger partial charge in [0.1, 0.15) is 5.82 Å². The van der Waals surface area contributed by atoms with Crippen molar-refractivity contribution in [1.29, 1.82) is 0 Å². The Balaban J connectivity index is 1.98. The fourth-order valence-electron chi connectivity index (χ4n) is 1.86. The Hall–Kier alpha value is -2.43. The van der Waals surface area contributed by atoms with E-state index in [4.69, 9.17) is 18.0 Å². The summed E-state index contributed by atoms with van der Waals surface area (Å²) in [7, 11) is 0. The highest BCUT2D eigenvalue weighted by Gasteiger charge is 2.13. The molecular weight excluding hydrogens is 380 g/mol. The summed E-state index contributed by atoms with van der Waals surface area (Å²) < 4.78 is 2.08. The number of rotatable bonds is 4. The number of halogens is 2. The highest BCUT2D eigenvalue weighted by atomic mass is 79.9. The van der Waals surface area contributed by atoms with Crippen LogP contribution in [-0.4, -0.2) is 31.3 Å². The molecule has 6 nitrogen and oxygen atoms in total. The van der Waals surface area contributed by atoms with E-state index >= 15 is 0 Å². The van der Waals surface area contributed by atoms with Gasteiger partial charge in [-0.1, -0.05) is 23.6 Å². The monoisotopic (exact) mass is 388 g/mol. The zero-order valence-corrected chi connectivity index (χ0v) is 14.1. The van der Waals surface area contributed by atoms with Crippen LogP contribution in [0.3, 0.4) is 0 Å². The number of nitrogens with one attached hydrogen (secondary N) is 1. The van der Waals surface area contributed by atoms with E-state index in [9.17, 15) is 0 Å². The number of hydrogen-bond donors (Lipinski definition) is 1. The fraction of sp³-hybridized carbons (Fsp3) is 0.0667. The van der Waals surface area contributed by atoms with Crippen LogP contribution >= 0.6 is 27.5 Å². The van der Waals surface area contributed by atoms with E-state index in [0.717, 1.165) is 11.3 Å². The molecule has 0 aliphatic rings. The largest absolute Gasteiger partial charge is 0.358 e. The maximum Gasteiger partial charge on any atom is 0.254 e. The van der Waals surface area contributed by atoms with Crippen LogP contribution in [0.4, 0.5) is 5.82 Å². The number of terminal acetylenes is 1. The maximum atomic E-state index is 6.13. The van der Waals surface area contributed by atoms with Crippen molar-refractivity contribution in [3.05, 3.63) is 46.4 Å². The number of hydrogen-bond acceptors (Lipinski definition) is 5. The van der Waals surface area contributed by atoms with Crippen LogP contribution in [0.25, 0.3) is 17.2 Å². The standard InChI is InChI=1S/C15H10BrClN6/c1-2-6-19-14-12(16)13(17)21-15(22-14)23-9-10(8-20-23)11-5-3-4-7-18-11/h1,3-5,7-9H,6H2,(H,19,21,22). The number of aromatic nitrogens is 5. The molecule has 0 aromatic carbocycles. The van der Waals surface area contributed by atoms with E-state index in [1.54, 1.807) is 18.6 Å². The molecule has 0 atom stereocenters. The van der Waals surface area contributed by atoms with Crippen molar-refractivity contribution in [3.63, 3.8) is 0 Å². The minimum absolute atomic E-state index is 0.268. The van der Waals surface area contributed by atoms with Crippen molar-refractivity contribution in [2.45, 2.75) is 0 Å². The molecule has 1 N–H and O–H groups in total. The van der Waals surface area contributed by atoms with Gasteiger partial charge in [0.25, 0.3) is 5.95 Å². The molecule has 3 aromatic heterocycles. The van der Waals surface area contributed by atoms with Gasteiger partial charge in [-0.2, -0.15) is 15.1 Å². The molecule has 0 saturated heterocycles. The minimum Gasteiger partial charge on any atom is -0.358 e. The highest BCUT2D eigenvalue weighted by Crippen LogP contribution is 2.28. The third kappa shape index (κ3) is 3.33. The average molecular weight is 390 g/mol. The Labute approximate surface area is 146 Å². The molecule has 3 aromatic rings. The number of pyridine rings is 1. The van der Waals surface area contributed by atoms with Gasteiger partial charge in [-0.25, -0.2) is 4.68 Å². The molecule has 0 radical (unpaired) electrons. The number of nitrogens with zero attached hydrogens (tertiary/aromatic N) is 5. The molecule has 0 fully saturated rings. The smallest absolute Gasteiger partial charge is 0.254 e. The second-order valence-corrected chi connectivity index (χ2v) is 5.57. The number of anilines is 1. The fourth-order valence-corrected chi connectivity index (χ4v) is 2.34. The lowest BCUT2D eigenvalue weighted by Crippen LogP contribution is -2.08. The SMILES string of the molecule is C#CCNc1nc(-n2cc(-c3ccccn3)cn2)nc(Cl)c1Br. The van der Waals surface area contributed by atoms with Crippen molar-refractivity contribution in [2.75, 3.05) is 11.9 Å². The van der Waals surface area contributed by atoms with Gasteiger partial charge in [0, 0.05) is 18.0 Å². The molecular formula is C15H10BrClN6. The van der Waals surface area contributed by atoms with Crippen molar-refractivity contribution >= 4 is 33.3 Å². The summed E-state index contributed by atoms with van der Waals surface area (Å²) in [5.74, 6) is 3.32. The zero-order chi connectivity index (χ0) is 16.2. The molecule has 0 aliphatic carbocycles. The summed E-state index contributed by atoms with van der Waals surface area (Å²) >= 11 is 9.46. The molecule has 0 unspecified atom stereocenters. The van der Waals surface area contributed by atoms with Gasteiger partial charge in [0.15, 0.2) is 5.15 Å². The molecule has 3 heterocycles. The summed E-state index contributed by atoms with van der Waals surface area (Å²) in [6.45, 7) is 0.323. The van der Waals surface area contributed by atoms with Crippen molar-refractivity contribution < 1.29 is 0 Å². The van der Waals surface area contributed by atoms with E-state index in [1.165, 1.54) is 4.68 Å². The predicted octanol–water partition coefficient (Wildman–Crippen LogP) is 3.19. The van der Waals surface area contributed by atoms with Crippen molar-refractivity contribution in [3.8, 4) is 29.5 Å². The second kappa shape index (κ2) is 6.77. The van der Waals surface area contributed by atoms with Crippen LogP contribution in [0, 0.1) is 12.3 Å². The normalized spacial score (nSPS) is 10.3. The first-order valence-corrected chi connectivity index (χ1v) is 7.73. The van der Waals surface area contributed by atoms with Gasteiger partial charge in [0.05, 0.1) is 22.9 Å². The van der Waals surface area contributed by atoms with E-state index in [-0.39, 0.29) is 5.15 Å².